The third-order valence-electron chi connectivity index (χ3n) is 2.60. The molecular weight excluding hydrogens is 312 g/mol. The van der Waals surface area contributed by atoms with Crippen LogP contribution in [0.2, 0.25) is 0 Å². The van der Waals surface area contributed by atoms with Crippen molar-refractivity contribution in [3.8, 4) is 0 Å². The molecule has 0 atom stereocenters. The standard InChI is InChI=1S/C9H12Br2N2O/c10-7(11)9-13-12-8(14-9)6-4-2-1-3-5-6/h6-7H,1-5H2. The molecule has 1 saturated carbocycles. The fourth-order valence-electron chi connectivity index (χ4n) is 1.85. The van der Waals surface area contributed by atoms with Gasteiger partial charge in [-0.25, -0.2) is 0 Å². The van der Waals surface area contributed by atoms with Gasteiger partial charge >= 0.3 is 0 Å². The first-order valence-electron chi connectivity index (χ1n) is 4.89. The summed E-state index contributed by atoms with van der Waals surface area (Å²) in [6.07, 6.45) is 6.30. The van der Waals surface area contributed by atoms with Crippen molar-refractivity contribution in [1.82, 2.24) is 10.2 Å². The second kappa shape index (κ2) is 4.75. The molecule has 14 heavy (non-hydrogen) atoms. The third kappa shape index (κ3) is 2.37. The van der Waals surface area contributed by atoms with E-state index >= 15 is 0 Å². The lowest BCUT2D eigenvalue weighted by atomic mass is 9.89. The minimum absolute atomic E-state index is 0.0279. The largest absolute Gasteiger partial charge is 0.423 e. The van der Waals surface area contributed by atoms with E-state index in [2.05, 4.69) is 42.1 Å². The minimum Gasteiger partial charge on any atom is -0.423 e. The molecule has 0 spiro atoms. The lowest BCUT2D eigenvalue weighted by molar-refractivity contribution is 0.355. The predicted molar refractivity (Wildman–Crippen MR) is 60.7 cm³/mol. The molecule has 0 amide bonds. The Labute approximate surface area is 99.9 Å². The van der Waals surface area contributed by atoms with E-state index in [4.69, 9.17) is 4.42 Å². The minimum atomic E-state index is -0.0279. The maximum absolute atomic E-state index is 5.57. The molecule has 0 unspecified atom stereocenters. The monoisotopic (exact) mass is 322 g/mol. The Bertz CT molecular complexity index is 295. The summed E-state index contributed by atoms with van der Waals surface area (Å²) in [6, 6.07) is 0. The van der Waals surface area contributed by atoms with Crippen LogP contribution in [-0.4, -0.2) is 10.2 Å². The van der Waals surface area contributed by atoms with Crippen LogP contribution in [0.4, 0.5) is 0 Å². The van der Waals surface area contributed by atoms with Crippen LogP contribution in [-0.2, 0) is 0 Å². The van der Waals surface area contributed by atoms with Gasteiger partial charge in [0.2, 0.25) is 11.8 Å². The van der Waals surface area contributed by atoms with Gasteiger partial charge in [0.05, 0.1) is 0 Å². The summed E-state index contributed by atoms with van der Waals surface area (Å²) in [7, 11) is 0. The van der Waals surface area contributed by atoms with Gasteiger partial charge in [0.25, 0.3) is 0 Å². The highest BCUT2D eigenvalue weighted by Gasteiger charge is 2.22. The van der Waals surface area contributed by atoms with Crippen LogP contribution in [0.3, 0.4) is 0 Å². The first-order valence-corrected chi connectivity index (χ1v) is 6.72. The SMILES string of the molecule is BrC(Br)c1nnc(C2CCCCC2)o1. The molecule has 2 rings (SSSR count). The molecule has 1 aromatic heterocycles. The van der Waals surface area contributed by atoms with E-state index in [1.807, 2.05) is 0 Å². The van der Waals surface area contributed by atoms with Gasteiger partial charge in [-0.15, -0.1) is 10.2 Å². The molecular formula is C9H12Br2N2O. The van der Waals surface area contributed by atoms with E-state index in [9.17, 15) is 0 Å². The Balaban J connectivity index is 2.07. The number of nitrogens with zero attached hydrogens (tertiary/aromatic N) is 2. The molecule has 1 aliphatic rings. The van der Waals surface area contributed by atoms with E-state index in [1.165, 1.54) is 32.1 Å². The van der Waals surface area contributed by atoms with Crippen molar-refractivity contribution in [2.45, 2.75) is 41.8 Å². The van der Waals surface area contributed by atoms with E-state index in [0.717, 1.165) is 5.89 Å². The molecule has 0 aromatic carbocycles. The fraction of sp³-hybridized carbons (Fsp3) is 0.778. The van der Waals surface area contributed by atoms with Crippen molar-refractivity contribution in [1.29, 1.82) is 0 Å². The van der Waals surface area contributed by atoms with E-state index in [-0.39, 0.29) is 3.74 Å². The van der Waals surface area contributed by atoms with E-state index in [1.54, 1.807) is 0 Å². The molecule has 0 saturated heterocycles. The summed E-state index contributed by atoms with van der Waals surface area (Å²) in [5, 5.41) is 8.06. The number of rotatable bonds is 2. The Morgan fingerprint density at radius 2 is 1.86 bits per heavy atom. The van der Waals surface area contributed by atoms with Crippen molar-refractivity contribution in [2.75, 3.05) is 0 Å². The maximum Gasteiger partial charge on any atom is 0.240 e. The molecule has 3 nitrogen and oxygen atoms in total. The topological polar surface area (TPSA) is 38.9 Å². The molecule has 0 N–H and O–H groups in total. The van der Waals surface area contributed by atoms with Crippen molar-refractivity contribution in [3.63, 3.8) is 0 Å². The van der Waals surface area contributed by atoms with Gasteiger partial charge in [-0.1, -0.05) is 51.1 Å². The summed E-state index contributed by atoms with van der Waals surface area (Å²) in [4.78, 5) is 0. The number of halogens is 2. The number of aromatic nitrogens is 2. The molecule has 5 heteroatoms. The molecule has 1 aliphatic carbocycles. The predicted octanol–water partition coefficient (Wildman–Crippen LogP) is 3.91. The van der Waals surface area contributed by atoms with Crippen LogP contribution in [0.25, 0.3) is 0 Å². The third-order valence-corrected chi connectivity index (χ3v) is 3.38. The average molecular weight is 324 g/mol. The zero-order chi connectivity index (χ0) is 9.97. The van der Waals surface area contributed by atoms with E-state index < -0.39 is 0 Å². The second-order valence-electron chi connectivity index (χ2n) is 3.61. The van der Waals surface area contributed by atoms with Crippen molar-refractivity contribution in [2.24, 2.45) is 0 Å². The first-order chi connectivity index (χ1) is 6.77. The number of hydrogen-bond donors (Lipinski definition) is 0. The van der Waals surface area contributed by atoms with Gasteiger partial charge in [-0.05, 0) is 12.8 Å². The molecule has 0 radical (unpaired) electrons. The highest BCUT2D eigenvalue weighted by molar-refractivity contribution is 9.24. The van der Waals surface area contributed by atoms with Crippen LogP contribution < -0.4 is 0 Å². The lowest BCUT2D eigenvalue weighted by Gasteiger charge is -2.17. The van der Waals surface area contributed by atoms with Crippen molar-refractivity contribution >= 4 is 31.9 Å². The van der Waals surface area contributed by atoms with Crippen LogP contribution in [0.5, 0.6) is 0 Å². The number of alkyl halides is 2. The molecule has 78 valence electrons. The summed E-state index contributed by atoms with van der Waals surface area (Å²) < 4.78 is 5.54. The molecule has 1 heterocycles. The normalized spacial score (nSPS) is 19.1. The van der Waals surface area contributed by atoms with Gasteiger partial charge in [0.15, 0.2) is 0 Å². The Kier molecular flexibility index (Phi) is 3.60. The van der Waals surface area contributed by atoms with Crippen LogP contribution >= 0.6 is 31.9 Å². The maximum atomic E-state index is 5.57. The average Bonchev–Trinajstić information content (AvgIpc) is 2.68. The summed E-state index contributed by atoms with van der Waals surface area (Å²) in [5.41, 5.74) is 0. The van der Waals surface area contributed by atoms with Gasteiger partial charge < -0.3 is 4.42 Å². The molecule has 1 fully saturated rings. The summed E-state index contributed by atoms with van der Waals surface area (Å²) in [5.74, 6) is 1.91. The van der Waals surface area contributed by atoms with Gasteiger partial charge in [-0.3, -0.25) is 0 Å². The molecule has 0 aliphatic heterocycles. The van der Waals surface area contributed by atoms with Crippen molar-refractivity contribution in [3.05, 3.63) is 11.8 Å². The highest BCUT2D eigenvalue weighted by Crippen LogP contribution is 2.34. The van der Waals surface area contributed by atoms with Crippen molar-refractivity contribution < 1.29 is 4.42 Å². The zero-order valence-corrected chi connectivity index (χ0v) is 10.9. The molecule has 0 bridgehead atoms. The molecule has 1 aromatic rings. The summed E-state index contributed by atoms with van der Waals surface area (Å²) in [6.45, 7) is 0. The smallest absolute Gasteiger partial charge is 0.240 e. The Morgan fingerprint density at radius 3 is 2.43 bits per heavy atom. The lowest BCUT2D eigenvalue weighted by Crippen LogP contribution is -2.04. The first kappa shape index (κ1) is 10.6. The van der Waals surface area contributed by atoms with Gasteiger partial charge in [0, 0.05) is 5.92 Å². The highest BCUT2D eigenvalue weighted by atomic mass is 79.9. The van der Waals surface area contributed by atoms with E-state index in [0.29, 0.717) is 11.8 Å². The summed E-state index contributed by atoms with van der Waals surface area (Å²) >= 11 is 6.68. The Morgan fingerprint density at radius 1 is 1.14 bits per heavy atom. The zero-order valence-electron chi connectivity index (χ0n) is 7.75. The quantitative estimate of drug-likeness (QED) is 0.775. The second-order valence-corrected chi connectivity index (χ2v) is 6.67. The Hall–Kier alpha value is 0.1000. The van der Waals surface area contributed by atoms with Gasteiger partial charge in [0.1, 0.15) is 3.74 Å². The number of hydrogen-bond acceptors (Lipinski definition) is 3. The van der Waals surface area contributed by atoms with Crippen LogP contribution in [0.15, 0.2) is 4.42 Å². The van der Waals surface area contributed by atoms with Crippen LogP contribution in [0.1, 0.15) is 53.5 Å². The van der Waals surface area contributed by atoms with Gasteiger partial charge in [-0.2, -0.15) is 0 Å². The fourth-order valence-corrected chi connectivity index (χ4v) is 2.22. The van der Waals surface area contributed by atoms with Crippen LogP contribution in [0, 0.1) is 0 Å².